The van der Waals surface area contributed by atoms with Crippen molar-refractivity contribution in [2.45, 2.75) is 25.9 Å². The predicted molar refractivity (Wildman–Crippen MR) is 126 cm³/mol. The minimum absolute atomic E-state index is 0.0777. The molecule has 3 aromatic rings. The number of benzene rings is 2. The molecule has 0 saturated heterocycles. The second-order valence-corrected chi connectivity index (χ2v) is 8.72. The summed E-state index contributed by atoms with van der Waals surface area (Å²) in [6, 6.07) is 9.59. The van der Waals surface area contributed by atoms with E-state index in [0.717, 1.165) is 24.2 Å². The van der Waals surface area contributed by atoms with Crippen molar-refractivity contribution in [3.05, 3.63) is 70.1 Å². The molecule has 10 heteroatoms. The van der Waals surface area contributed by atoms with E-state index in [2.05, 4.69) is 10.4 Å². The minimum atomic E-state index is -0.491. The SMILES string of the molecule is Cn1ncc2c1Nc1cc(Cl)ccc1N(C(=O)c1ccc(CN)c(F)c1)C2.O=C(Cl)C1CC1. The van der Waals surface area contributed by atoms with Crippen LogP contribution in [0.25, 0.3) is 0 Å². The van der Waals surface area contributed by atoms with Gasteiger partial charge in [0.25, 0.3) is 5.91 Å². The molecule has 3 N–H and O–H groups in total. The molecule has 2 aliphatic rings. The first-order valence-electron chi connectivity index (χ1n) is 10.4. The number of aromatic nitrogens is 2. The highest BCUT2D eigenvalue weighted by atomic mass is 35.5. The van der Waals surface area contributed by atoms with Crippen LogP contribution in [0.2, 0.25) is 5.02 Å². The quantitative estimate of drug-likeness (QED) is 0.518. The Bertz CT molecular complexity index is 1230. The van der Waals surface area contributed by atoms with Crippen molar-refractivity contribution < 1.29 is 14.0 Å². The fourth-order valence-corrected chi connectivity index (χ4v) is 3.87. The van der Waals surface area contributed by atoms with Crippen molar-refractivity contribution in [1.29, 1.82) is 0 Å². The summed E-state index contributed by atoms with van der Waals surface area (Å²) >= 11 is 11.2. The van der Waals surface area contributed by atoms with Gasteiger partial charge in [0, 0.05) is 41.2 Å². The van der Waals surface area contributed by atoms with Crippen LogP contribution in [0.15, 0.2) is 42.6 Å². The van der Waals surface area contributed by atoms with Gasteiger partial charge in [-0.3, -0.25) is 14.3 Å². The topological polar surface area (TPSA) is 93.2 Å². The molecule has 0 bridgehead atoms. The predicted octanol–water partition coefficient (Wildman–Crippen LogP) is 4.74. The van der Waals surface area contributed by atoms with Gasteiger partial charge in [0.2, 0.25) is 5.24 Å². The Morgan fingerprint density at radius 1 is 1.24 bits per heavy atom. The summed E-state index contributed by atoms with van der Waals surface area (Å²) in [6.45, 7) is 0.373. The van der Waals surface area contributed by atoms with Crippen molar-refractivity contribution in [2.75, 3.05) is 10.2 Å². The number of halogens is 3. The number of anilines is 3. The third kappa shape index (κ3) is 5.03. The minimum Gasteiger partial charge on any atom is -0.338 e. The standard InChI is InChI=1S/C19H17ClFN5O.C4H5ClO/c1-25-18-13(9-23-25)10-26(17-5-4-14(20)7-16(17)24-18)19(27)11-2-3-12(8-22)15(21)6-11;5-4(6)3-1-2-3/h2-7,9,24H,8,10,22H2,1H3;3H,1-2H2. The maximum Gasteiger partial charge on any atom is 0.258 e. The molecule has 33 heavy (non-hydrogen) atoms. The third-order valence-corrected chi connectivity index (χ3v) is 6.05. The van der Waals surface area contributed by atoms with Crippen molar-refractivity contribution in [3.8, 4) is 0 Å². The van der Waals surface area contributed by atoms with Gasteiger partial charge >= 0.3 is 0 Å². The molecular weight excluding hydrogens is 468 g/mol. The number of amides is 1. The fraction of sp³-hybridized carbons (Fsp3) is 0.261. The van der Waals surface area contributed by atoms with Crippen molar-refractivity contribution in [2.24, 2.45) is 18.7 Å². The third-order valence-electron chi connectivity index (χ3n) is 5.51. The molecule has 1 aliphatic carbocycles. The zero-order valence-electron chi connectivity index (χ0n) is 17.8. The molecule has 0 radical (unpaired) electrons. The lowest BCUT2D eigenvalue weighted by Crippen LogP contribution is -2.30. The van der Waals surface area contributed by atoms with Gasteiger partial charge in [-0.2, -0.15) is 5.10 Å². The van der Waals surface area contributed by atoms with E-state index in [4.69, 9.17) is 28.9 Å². The number of rotatable bonds is 3. The van der Waals surface area contributed by atoms with Crippen LogP contribution in [0.3, 0.4) is 0 Å². The Morgan fingerprint density at radius 3 is 2.61 bits per heavy atom. The Morgan fingerprint density at radius 2 is 2.00 bits per heavy atom. The molecule has 1 aromatic heterocycles. The van der Waals surface area contributed by atoms with Crippen molar-refractivity contribution in [3.63, 3.8) is 0 Å². The van der Waals surface area contributed by atoms with Gasteiger partial charge in [-0.15, -0.1) is 0 Å². The molecule has 2 aromatic carbocycles. The van der Waals surface area contributed by atoms with Gasteiger partial charge in [-0.05, 0) is 54.8 Å². The first kappa shape index (κ1) is 23.2. The number of nitrogens with two attached hydrogens (primary N) is 1. The maximum atomic E-state index is 14.2. The Labute approximate surface area is 200 Å². The molecule has 7 nitrogen and oxygen atoms in total. The molecule has 2 heterocycles. The first-order chi connectivity index (χ1) is 15.8. The van der Waals surface area contributed by atoms with E-state index in [9.17, 15) is 14.0 Å². The van der Waals surface area contributed by atoms with E-state index >= 15 is 0 Å². The summed E-state index contributed by atoms with van der Waals surface area (Å²) in [4.78, 5) is 24.8. The lowest BCUT2D eigenvalue weighted by Gasteiger charge is -2.23. The Hall–Kier alpha value is -2.94. The van der Waals surface area contributed by atoms with Crippen LogP contribution in [-0.2, 0) is 24.9 Å². The van der Waals surface area contributed by atoms with Gasteiger partial charge in [0.05, 0.1) is 24.1 Å². The van der Waals surface area contributed by atoms with E-state index in [1.165, 1.54) is 12.1 Å². The Balaban J connectivity index is 0.000000376. The zero-order valence-corrected chi connectivity index (χ0v) is 19.3. The average Bonchev–Trinajstić information content (AvgIpc) is 3.60. The lowest BCUT2D eigenvalue weighted by atomic mass is 10.1. The van der Waals surface area contributed by atoms with E-state index in [1.807, 2.05) is 7.05 Å². The van der Waals surface area contributed by atoms with Crippen LogP contribution >= 0.6 is 23.2 Å². The number of hydrogen-bond acceptors (Lipinski definition) is 5. The normalized spacial score (nSPS) is 14.3. The molecule has 0 atom stereocenters. The summed E-state index contributed by atoms with van der Waals surface area (Å²) in [5, 5.41) is 7.92. The Kier molecular flexibility index (Phi) is 6.69. The molecule has 172 valence electrons. The van der Waals surface area contributed by atoms with Crippen molar-refractivity contribution in [1.82, 2.24) is 9.78 Å². The highest BCUT2D eigenvalue weighted by molar-refractivity contribution is 6.64. The van der Waals surface area contributed by atoms with E-state index in [-0.39, 0.29) is 29.2 Å². The summed E-state index contributed by atoms with van der Waals surface area (Å²) in [5.74, 6) is 0.194. The number of hydrogen-bond donors (Lipinski definition) is 2. The molecule has 0 spiro atoms. The van der Waals surface area contributed by atoms with Crippen LogP contribution in [0.5, 0.6) is 0 Å². The molecule has 1 aliphatic heterocycles. The summed E-state index contributed by atoms with van der Waals surface area (Å²) in [7, 11) is 1.81. The number of carbonyl (C=O) groups excluding carboxylic acids is 2. The molecule has 5 rings (SSSR count). The fourth-order valence-electron chi connectivity index (χ4n) is 3.48. The monoisotopic (exact) mass is 489 g/mol. The largest absolute Gasteiger partial charge is 0.338 e. The maximum absolute atomic E-state index is 14.2. The second-order valence-electron chi connectivity index (χ2n) is 7.91. The molecular formula is C23H22Cl2FN5O2. The number of carbonyl (C=O) groups is 2. The average molecular weight is 490 g/mol. The summed E-state index contributed by atoms with van der Waals surface area (Å²) < 4.78 is 15.9. The van der Waals surface area contributed by atoms with Crippen LogP contribution in [0.4, 0.5) is 21.6 Å². The molecule has 1 amide bonds. The van der Waals surface area contributed by atoms with Crippen molar-refractivity contribution >= 4 is 51.5 Å². The van der Waals surface area contributed by atoms with Gasteiger partial charge in [0.1, 0.15) is 11.6 Å². The first-order valence-corrected chi connectivity index (χ1v) is 11.1. The number of aryl methyl sites for hydroxylation is 1. The second kappa shape index (κ2) is 9.51. The highest BCUT2D eigenvalue weighted by Crippen LogP contribution is 2.38. The van der Waals surface area contributed by atoms with E-state index in [0.29, 0.717) is 28.5 Å². The van der Waals surface area contributed by atoms with E-state index < -0.39 is 5.82 Å². The highest BCUT2D eigenvalue weighted by Gasteiger charge is 2.28. The molecule has 0 unspecified atom stereocenters. The lowest BCUT2D eigenvalue weighted by molar-refractivity contribution is -0.112. The van der Waals surface area contributed by atoms with E-state index in [1.54, 1.807) is 40.0 Å². The number of fused-ring (bicyclic) bond motifs is 2. The smallest absolute Gasteiger partial charge is 0.258 e. The summed E-state index contributed by atoms with van der Waals surface area (Å²) in [6.07, 6.45) is 3.73. The molecule has 1 saturated carbocycles. The number of nitrogens with zero attached hydrogens (tertiary/aromatic N) is 3. The zero-order chi connectivity index (χ0) is 23.7. The summed E-state index contributed by atoms with van der Waals surface area (Å²) in [5.41, 5.74) is 8.30. The van der Waals surface area contributed by atoms with Gasteiger partial charge in [-0.1, -0.05) is 17.7 Å². The van der Waals surface area contributed by atoms with Crippen LogP contribution in [-0.4, -0.2) is 20.9 Å². The molecule has 1 fully saturated rings. The van der Waals surface area contributed by atoms with Crippen LogP contribution in [0.1, 0.15) is 34.3 Å². The van der Waals surface area contributed by atoms with Gasteiger partial charge in [0.15, 0.2) is 0 Å². The van der Waals surface area contributed by atoms with Gasteiger partial charge < -0.3 is 16.0 Å². The van der Waals surface area contributed by atoms with Gasteiger partial charge in [-0.25, -0.2) is 4.39 Å². The number of nitrogens with one attached hydrogen (secondary N) is 1. The van der Waals surface area contributed by atoms with Crippen LogP contribution in [0, 0.1) is 11.7 Å². The van der Waals surface area contributed by atoms with Crippen LogP contribution < -0.4 is 16.0 Å².